The van der Waals surface area contributed by atoms with Crippen LogP contribution in [0.5, 0.6) is 0 Å². The smallest absolute Gasteiger partial charge is 0.267 e. The second-order valence-corrected chi connectivity index (χ2v) is 4.03. The van der Waals surface area contributed by atoms with Crippen molar-refractivity contribution in [2.24, 2.45) is 0 Å². The maximum Gasteiger partial charge on any atom is 0.270 e. The minimum absolute atomic E-state index is 0.288. The Morgan fingerprint density at radius 1 is 0.667 bits per heavy atom. The van der Waals surface area contributed by atoms with Gasteiger partial charge in [-0.05, 0) is 23.3 Å². The van der Waals surface area contributed by atoms with E-state index in [0.717, 1.165) is 11.1 Å². The lowest BCUT2D eigenvalue weighted by Crippen LogP contribution is -2.18. The van der Waals surface area contributed by atoms with Crippen LogP contribution in [0.4, 0.5) is 0 Å². The minimum atomic E-state index is -0.289. The number of benzene rings is 2. The Hall–Kier alpha value is -2.62. The molecule has 0 aliphatic heterocycles. The van der Waals surface area contributed by atoms with Crippen LogP contribution >= 0.6 is 0 Å². The number of hydrogen-bond donors (Lipinski definition) is 2. The Labute approximate surface area is 102 Å². The third kappa shape index (κ3) is 1.64. The monoisotopic (exact) mass is 238 g/mol. The number of rotatable bonds is 1. The highest BCUT2D eigenvalue weighted by Crippen LogP contribution is 2.20. The van der Waals surface area contributed by atoms with Gasteiger partial charge in [-0.2, -0.15) is 0 Å². The lowest BCUT2D eigenvalue weighted by molar-refractivity contribution is 0.977. The van der Waals surface area contributed by atoms with Gasteiger partial charge in [0.1, 0.15) is 0 Å². The van der Waals surface area contributed by atoms with Crippen LogP contribution in [-0.4, -0.2) is 10.2 Å². The van der Waals surface area contributed by atoms with Gasteiger partial charge in [0, 0.05) is 0 Å². The predicted octanol–water partition coefficient (Wildman–Crippen LogP) is 1.88. The molecule has 0 fully saturated rings. The molecule has 0 atom stereocenters. The third-order valence-electron chi connectivity index (χ3n) is 2.91. The summed E-state index contributed by atoms with van der Waals surface area (Å²) in [5.41, 5.74) is 1.35. The molecule has 0 bridgehead atoms. The Morgan fingerprint density at radius 2 is 1.33 bits per heavy atom. The van der Waals surface area contributed by atoms with E-state index in [2.05, 4.69) is 10.2 Å². The molecular formula is C14H10N2O2. The molecular weight excluding hydrogens is 228 g/mol. The summed E-state index contributed by atoms with van der Waals surface area (Å²) in [6, 6.07) is 15.0. The molecule has 3 aromatic rings. The topological polar surface area (TPSA) is 65.7 Å². The summed E-state index contributed by atoms with van der Waals surface area (Å²) in [5, 5.41) is 5.44. The van der Waals surface area contributed by atoms with Crippen LogP contribution in [0.2, 0.25) is 0 Å². The molecule has 0 spiro atoms. The molecule has 0 aliphatic carbocycles. The molecule has 2 N–H and O–H groups in total. The SMILES string of the molecule is O=c1[nH][nH]c(=O)c2cc(-c3ccccc3)ccc12. The molecule has 4 nitrogen and oxygen atoms in total. The van der Waals surface area contributed by atoms with Crippen molar-refractivity contribution in [3.63, 3.8) is 0 Å². The summed E-state index contributed by atoms with van der Waals surface area (Å²) < 4.78 is 0. The molecule has 3 rings (SSSR count). The highest BCUT2D eigenvalue weighted by atomic mass is 16.1. The number of aromatic amines is 2. The summed E-state index contributed by atoms with van der Waals surface area (Å²) in [5.74, 6) is 0. The van der Waals surface area contributed by atoms with E-state index in [1.807, 2.05) is 36.4 Å². The molecule has 0 saturated heterocycles. The van der Waals surface area contributed by atoms with E-state index < -0.39 is 0 Å². The number of fused-ring (bicyclic) bond motifs is 1. The van der Waals surface area contributed by atoms with Crippen LogP contribution < -0.4 is 11.1 Å². The zero-order valence-corrected chi connectivity index (χ0v) is 9.44. The fourth-order valence-corrected chi connectivity index (χ4v) is 1.99. The van der Waals surface area contributed by atoms with Crippen molar-refractivity contribution < 1.29 is 0 Å². The van der Waals surface area contributed by atoms with Crippen LogP contribution in [0.1, 0.15) is 0 Å². The molecule has 1 heterocycles. The molecule has 0 saturated carbocycles. The van der Waals surface area contributed by atoms with E-state index in [0.29, 0.717) is 10.8 Å². The van der Waals surface area contributed by atoms with Crippen molar-refractivity contribution in [1.82, 2.24) is 10.2 Å². The molecule has 2 aromatic carbocycles. The first-order chi connectivity index (χ1) is 8.75. The van der Waals surface area contributed by atoms with Gasteiger partial charge in [-0.1, -0.05) is 36.4 Å². The van der Waals surface area contributed by atoms with Crippen LogP contribution in [0.3, 0.4) is 0 Å². The molecule has 18 heavy (non-hydrogen) atoms. The largest absolute Gasteiger partial charge is 0.270 e. The maximum absolute atomic E-state index is 11.7. The Kier molecular flexibility index (Phi) is 2.34. The van der Waals surface area contributed by atoms with Gasteiger partial charge in [0.05, 0.1) is 10.8 Å². The first kappa shape index (κ1) is 10.5. The first-order valence-electron chi connectivity index (χ1n) is 5.56. The normalized spacial score (nSPS) is 10.7. The third-order valence-corrected chi connectivity index (χ3v) is 2.91. The maximum atomic E-state index is 11.7. The van der Waals surface area contributed by atoms with Crippen LogP contribution in [0.15, 0.2) is 58.1 Å². The van der Waals surface area contributed by atoms with E-state index in [1.165, 1.54) is 0 Å². The van der Waals surface area contributed by atoms with Gasteiger partial charge in [0.15, 0.2) is 0 Å². The highest BCUT2D eigenvalue weighted by Gasteiger charge is 2.04. The van der Waals surface area contributed by atoms with Crippen molar-refractivity contribution in [2.45, 2.75) is 0 Å². The molecule has 0 amide bonds. The van der Waals surface area contributed by atoms with E-state index >= 15 is 0 Å². The van der Waals surface area contributed by atoms with Crippen LogP contribution in [-0.2, 0) is 0 Å². The van der Waals surface area contributed by atoms with Crippen molar-refractivity contribution in [1.29, 1.82) is 0 Å². The average Bonchev–Trinajstić information content (AvgIpc) is 2.44. The molecule has 4 heteroatoms. The van der Waals surface area contributed by atoms with Gasteiger partial charge in [0.2, 0.25) is 0 Å². The fraction of sp³-hybridized carbons (Fsp3) is 0. The number of aromatic nitrogens is 2. The van der Waals surface area contributed by atoms with E-state index in [4.69, 9.17) is 0 Å². The van der Waals surface area contributed by atoms with E-state index in [1.54, 1.807) is 12.1 Å². The Balaban J connectivity index is 2.33. The summed E-state index contributed by atoms with van der Waals surface area (Å²) in [6.45, 7) is 0. The summed E-state index contributed by atoms with van der Waals surface area (Å²) in [7, 11) is 0. The molecule has 88 valence electrons. The Morgan fingerprint density at radius 3 is 2.06 bits per heavy atom. The number of hydrogen-bond acceptors (Lipinski definition) is 2. The van der Waals surface area contributed by atoms with Gasteiger partial charge in [-0.15, -0.1) is 0 Å². The van der Waals surface area contributed by atoms with Crippen molar-refractivity contribution >= 4 is 10.8 Å². The molecule has 0 unspecified atom stereocenters. The first-order valence-corrected chi connectivity index (χ1v) is 5.56. The van der Waals surface area contributed by atoms with Gasteiger partial charge >= 0.3 is 0 Å². The number of nitrogens with one attached hydrogen (secondary N) is 2. The van der Waals surface area contributed by atoms with Crippen molar-refractivity contribution in [3.8, 4) is 11.1 Å². The predicted molar refractivity (Wildman–Crippen MR) is 70.6 cm³/mol. The minimum Gasteiger partial charge on any atom is -0.267 e. The Bertz CT molecular complexity index is 816. The van der Waals surface area contributed by atoms with Gasteiger partial charge < -0.3 is 0 Å². The van der Waals surface area contributed by atoms with Crippen LogP contribution in [0, 0.1) is 0 Å². The lowest BCUT2D eigenvalue weighted by Gasteiger charge is -2.02. The average molecular weight is 238 g/mol. The molecule has 0 radical (unpaired) electrons. The molecule has 1 aromatic heterocycles. The van der Waals surface area contributed by atoms with Crippen molar-refractivity contribution in [2.75, 3.05) is 0 Å². The van der Waals surface area contributed by atoms with Gasteiger partial charge in [0.25, 0.3) is 11.1 Å². The number of H-pyrrole nitrogens is 2. The second-order valence-electron chi connectivity index (χ2n) is 4.03. The van der Waals surface area contributed by atoms with E-state index in [-0.39, 0.29) is 11.1 Å². The zero-order chi connectivity index (χ0) is 12.5. The van der Waals surface area contributed by atoms with Gasteiger partial charge in [-0.3, -0.25) is 19.8 Å². The fourth-order valence-electron chi connectivity index (χ4n) is 1.99. The summed E-state index contributed by atoms with van der Waals surface area (Å²) >= 11 is 0. The standard InChI is InChI=1S/C14H10N2O2/c17-13-11-7-6-10(9-4-2-1-3-5-9)8-12(11)14(18)16-15-13/h1-8H,(H,15,17)(H,16,18). The quantitative estimate of drug-likeness (QED) is 0.679. The molecule has 0 aliphatic rings. The summed E-state index contributed by atoms with van der Waals surface area (Å²) in [4.78, 5) is 23.2. The lowest BCUT2D eigenvalue weighted by atomic mass is 10.0. The van der Waals surface area contributed by atoms with Crippen molar-refractivity contribution in [3.05, 3.63) is 69.2 Å². The highest BCUT2D eigenvalue weighted by molar-refractivity contribution is 5.85. The van der Waals surface area contributed by atoms with E-state index in [9.17, 15) is 9.59 Å². The second kappa shape index (κ2) is 4.00. The summed E-state index contributed by atoms with van der Waals surface area (Å²) in [6.07, 6.45) is 0. The van der Waals surface area contributed by atoms with Crippen LogP contribution in [0.25, 0.3) is 21.9 Å². The zero-order valence-electron chi connectivity index (χ0n) is 9.44. The van der Waals surface area contributed by atoms with Gasteiger partial charge in [-0.25, -0.2) is 0 Å².